The van der Waals surface area contributed by atoms with Crippen molar-refractivity contribution in [1.29, 1.82) is 0 Å². The third kappa shape index (κ3) is 5.49. The first-order valence-electron chi connectivity index (χ1n) is 9.02. The predicted octanol–water partition coefficient (Wildman–Crippen LogP) is 2.15. The van der Waals surface area contributed by atoms with Crippen molar-refractivity contribution in [3.05, 3.63) is 54.3 Å². The zero-order chi connectivity index (χ0) is 18.2. The number of hydrogen-bond donors (Lipinski definition) is 1. The van der Waals surface area contributed by atoms with Crippen molar-refractivity contribution in [2.24, 2.45) is 4.99 Å². The standard InChI is InChI=1S/C19H27N5O2/c1-16(2)14-21-19(20-7-5-18-4-3-12-25-18)24-10-8-23(9-11-24)15-17-6-13-26-22-17/h3-4,6,12-13H,1,5,7-11,14-15H2,2H3,(H,20,21). The molecule has 1 N–H and O–H groups in total. The van der Waals surface area contributed by atoms with E-state index in [2.05, 4.69) is 26.9 Å². The second-order valence-corrected chi connectivity index (χ2v) is 6.61. The summed E-state index contributed by atoms with van der Waals surface area (Å²) >= 11 is 0. The van der Waals surface area contributed by atoms with E-state index in [0.29, 0.717) is 6.54 Å². The number of aliphatic imine (C=N–C) groups is 1. The molecule has 1 saturated heterocycles. The van der Waals surface area contributed by atoms with Gasteiger partial charge in [0.25, 0.3) is 0 Å². The van der Waals surface area contributed by atoms with Gasteiger partial charge in [0.1, 0.15) is 12.0 Å². The van der Waals surface area contributed by atoms with Crippen molar-refractivity contribution >= 4 is 5.96 Å². The molecule has 0 radical (unpaired) electrons. The Morgan fingerprint density at radius 1 is 1.27 bits per heavy atom. The minimum absolute atomic E-state index is 0.641. The Morgan fingerprint density at radius 3 is 2.77 bits per heavy atom. The quantitative estimate of drug-likeness (QED) is 0.465. The Hall–Kier alpha value is -2.54. The van der Waals surface area contributed by atoms with Crippen LogP contribution < -0.4 is 5.32 Å². The highest BCUT2D eigenvalue weighted by atomic mass is 16.5. The van der Waals surface area contributed by atoms with Crippen LogP contribution in [0.1, 0.15) is 18.4 Å². The van der Waals surface area contributed by atoms with E-state index < -0.39 is 0 Å². The molecule has 0 unspecified atom stereocenters. The predicted molar refractivity (Wildman–Crippen MR) is 101 cm³/mol. The Balaban J connectivity index is 1.51. The molecule has 3 heterocycles. The lowest BCUT2D eigenvalue weighted by Crippen LogP contribution is -2.52. The van der Waals surface area contributed by atoms with Gasteiger partial charge >= 0.3 is 0 Å². The molecular weight excluding hydrogens is 330 g/mol. The highest BCUT2D eigenvalue weighted by Gasteiger charge is 2.20. The normalized spacial score (nSPS) is 16.0. The third-order valence-corrected chi connectivity index (χ3v) is 4.28. The lowest BCUT2D eigenvalue weighted by molar-refractivity contribution is 0.169. The van der Waals surface area contributed by atoms with Crippen LogP contribution in [0.2, 0.25) is 0 Å². The lowest BCUT2D eigenvalue weighted by Gasteiger charge is -2.36. The van der Waals surface area contributed by atoms with Crippen LogP contribution in [0, 0.1) is 0 Å². The molecule has 140 valence electrons. The van der Waals surface area contributed by atoms with Crippen LogP contribution in [0.3, 0.4) is 0 Å². The van der Waals surface area contributed by atoms with Crippen molar-refractivity contribution in [3.63, 3.8) is 0 Å². The third-order valence-electron chi connectivity index (χ3n) is 4.28. The Kier molecular flexibility index (Phi) is 6.49. The van der Waals surface area contributed by atoms with E-state index >= 15 is 0 Å². The molecule has 1 aliphatic heterocycles. The van der Waals surface area contributed by atoms with Crippen LogP contribution >= 0.6 is 0 Å². The van der Waals surface area contributed by atoms with E-state index in [1.165, 1.54) is 0 Å². The second kappa shape index (κ2) is 9.24. The zero-order valence-electron chi connectivity index (χ0n) is 15.4. The topological polar surface area (TPSA) is 70.0 Å². The summed E-state index contributed by atoms with van der Waals surface area (Å²) in [5, 5.41) is 7.47. The van der Waals surface area contributed by atoms with Gasteiger partial charge < -0.3 is 19.2 Å². The minimum Gasteiger partial charge on any atom is -0.469 e. The molecule has 1 fully saturated rings. The van der Waals surface area contributed by atoms with Gasteiger partial charge in [-0.05, 0) is 19.1 Å². The summed E-state index contributed by atoms with van der Waals surface area (Å²) in [7, 11) is 0. The number of aromatic nitrogens is 1. The van der Waals surface area contributed by atoms with E-state index in [4.69, 9.17) is 13.9 Å². The maximum Gasteiger partial charge on any atom is 0.194 e. The van der Waals surface area contributed by atoms with Gasteiger partial charge in [-0.3, -0.25) is 4.90 Å². The highest BCUT2D eigenvalue weighted by molar-refractivity contribution is 5.80. The van der Waals surface area contributed by atoms with Gasteiger partial charge in [0, 0.05) is 51.8 Å². The molecule has 0 bridgehead atoms. The van der Waals surface area contributed by atoms with Crippen LogP contribution in [0.4, 0.5) is 0 Å². The van der Waals surface area contributed by atoms with Crippen molar-refractivity contribution < 1.29 is 8.94 Å². The molecule has 0 atom stereocenters. The van der Waals surface area contributed by atoms with Gasteiger partial charge in [-0.1, -0.05) is 17.3 Å². The molecule has 3 rings (SSSR count). The monoisotopic (exact) mass is 357 g/mol. The largest absolute Gasteiger partial charge is 0.469 e. The number of nitrogens with one attached hydrogen (secondary N) is 1. The first kappa shape index (κ1) is 18.3. The summed E-state index contributed by atoms with van der Waals surface area (Å²) in [6.45, 7) is 12.0. The molecule has 7 nitrogen and oxygen atoms in total. The molecule has 7 heteroatoms. The van der Waals surface area contributed by atoms with Crippen LogP contribution in [0.25, 0.3) is 0 Å². The van der Waals surface area contributed by atoms with E-state index in [1.807, 2.05) is 25.1 Å². The Bertz CT molecular complexity index is 686. The van der Waals surface area contributed by atoms with Gasteiger partial charge in [0.2, 0.25) is 0 Å². The first-order chi connectivity index (χ1) is 12.7. The van der Waals surface area contributed by atoms with E-state index in [1.54, 1.807) is 12.5 Å². The summed E-state index contributed by atoms with van der Waals surface area (Å²) in [5.74, 6) is 1.93. The summed E-state index contributed by atoms with van der Waals surface area (Å²) in [4.78, 5) is 9.41. The number of hydrogen-bond acceptors (Lipinski definition) is 5. The van der Waals surface area contributed by atoms with E-state index in [0.717, 1.165) is 68.7 Å². The van der Waals surface area contributed by atoms with E-state index in [-0.39, 0.29) is 0 Å². The maximum absolute atomic E-state index is 5.40. The van der Waals surface area contributed by atoms with Gasteiger partial charge in [-0.25, -0.2) is 4.99 Å². The molecule has 0 spiro atoms. The fourth-order valence-corrected chi connectivity index (χ4v) is 2.90. The molecule has 0 saturated carbocycles. The van der Waals surface area contributed by atoms with Crippen molar-refractivity contribution in [1.82, 2.24) is 20.3 Å². The lowest BCUT2D eigenvalue weighted by atomic mass is 10.3. The van der Waals surface area contributed by atoms with Crippen LogP contribution in [-0.2, 0) is 13.0 Å². The van der Waals surface area contributed by atoms with Gasteiger partial charge in [-0.15, -0.1) is 0 Å². The fraction of sp³-hybridized carbons (Fsp3) is 0.474. The van der Waals surface area contributed by atoms with Gasteiger partial charge in [0.05, 0.1) is 18.5 Å². The van der Waals surface area contributed by atoms with Crippen LogP contribution in [0.15, 0.2) is 56.8 Å². The summed E-state index contributed by atoms with van der Waals surface area (Å²) in [6, 6.07) is 5.83. The van der Waals surface area contributed by atoms with Crippen LogP contribution in [0.5, 0.6) is 0 Å². The molecular formula is C19H27N5O2. The summed E-state index contributed by atoms with van der Waals surface area (Å²) < 4.78 is 10.3. The van der Waals surface area contributed by atoms with Crippen molar-refractivity contribution in [3.8, 4) is 0 Å². The number of furan rings is 1. The molecule has 1 aliphatic rings. The molecule has 26 heavy (non-hydrogen) atoms. The van der Waals surface area contributed by atoms with Crippen LogP contribution in [-0.4, -0.2) is 60.2 Å². The SMILES string of the molecule is C=C(C)CN=C(NCCc1ccco1)N1CCN(Cc2ccon2)CC1. The Morgan fingerprint density at radius 2 is 2.12 bits per heavy atom. The number of guanidine groups is 1. The van der Waals surface area contributed by atoms with Gasteiger partial charge in [0.15, 0.2) is 5.96 Å². The van der Waals surface area contributed by atoms with Crippen molar-refractivity contribution in [2.45, 2.75) is 19.9 Å². The zero-order valence-corrected chi connectivity index (χ0v) is 15.4. The minimum atomic E-state index is 0.641. The summed E-state index contributed by atoms with van der Waals surface area (Å²) in [6.07, 6.45) is 4.17. The Labute approximate surface area is 154 Å². The number of nitrogens with zero attached hydrogens (tertiary/aromatic N) is 4. The molecule has 0 aliphatic carbocycles. The first-order valence-corrected chi connectivity index (χ1v) is 9.02. The smallest absolute Gasteiger partial charge is 0.194 e. The maximum atomic E-state index is 5.40. The molecule has 0 amide bonds. The fourth-order valence-electron chi connectivity index (χ4n) is 2.90. The average Bonchev–Trinajstić information content (AvgIpc) is 3.32. The summed E-state index contributed by atoms with van der Waals surface area (Å²) in [5.41, 5.74) is 2.03. The average molecular weight is 357 g/mol. The van der Waals surface area contributed by atoms with E-state index in [9.17, 15) is 0 Å². The molecule has 2 aromatic heterocycles. The second-order valence-electron chi connectivity index (χ2n) is 6.61. The number of piperazine rings is 1. The number of rotatable bonds is 7. The van der Waals surface area contributed by atoms with Gasteiger partial charge in [-0.2, -0.15) is 0 Å². The molecule has 2 aromatic rings. The molecule has 0 aromatic carbocycles. The van der Waals surface area contributed by atoms with Crippen molar-refractivity contribution in [2.75, 3.05) is 39.3 Å². The highest BCUT2D eigenvalue weighted by Crippen LogP contribution is 2.08.